The number of para-hydroxylation sites is 2. The summed E-state index contributed by atoms with van der Waals surface area (Å²) in [6, 6.07) is 37.0. The van der Waals surface area contributed by atoms with Crippen molar-refractivity contribution in [2.24, 2.45) is 0 Å². The molecule has 0 radical (unpaired) electrons. The molecule has 0 aliphatic heterocycles. The lowest BCUT2D eigenvalue weighted by Crippen LogP contribution is -1.93. The largest absolute Gasteiger partial charge is 0.456 e. The van der Waals surface area contributed by atoms with E-state index in [0.29, 0.717) is 0 Å². The summed E-state index contributed by atoms with van der Waals surface area (Å²) in [5.74, 6) is 0. The van der Waals surface area contributed by atoms with Crippen LogP contribution in [0.2, 0.25) is 0 Å². The highest BCUT2D eigenvalue weighted by molar-refractivity contribution is 7.25. The normalized spacial score (nSPS) is 12.2. The van der Waals surface area contributed by atoms with Crippen molar-refractivity contribution in [1.29, 1.82) is 0 Å². The standard InChI is InChI=1S/C30H17NOS/c1-4-10-25-19(7-1)23-17-30-24(22-9-3-6-12-29(22)33-30)16-26(23)31(25)18-13-14-21-20-8-2-5-11-27(20)32-28(21)15-18/h1-17H. The molecular weight excluding hydrogens is 422 g/mol. The number of fused-ring (bicyclic) bond motifs is 9. The third-order valence-electron chi connectivity index (χ3n) is 6.79. The lowest BCUT2D eigenvalue weighted by molar-refractivity contribution is 0.668. The first-order chi connectivity index (χ1) is 16.3. The number of hydrogen-bond acceptors (Lipinski definition) is 2. The van der Waals surface area contributed by atoms with Gasteiger partial charge in [0.1, 0.15) is 11.2 Å². The van der Waals surface area contributed by atoms with Gasteiger partial charge < -0.3 is 8.98 Å². The van der Waals surface area contributed by atoms with Gasteiger partial charge in [-0.05, 0) is 42.5 Å². The quantitative estimate of drug-likeness (QED) is 0.249. The molecule has 0 atom stereocenters. The predicted molar refractivity (Wildman–Crippen MR) is 141 cm³/mol. The number of furan rings is 1. The van der Waals surface area contributed by atoms with Crippen LogP contribution in [0.1, 0.15) is 0 Å². The molecule has 2 nitrogen and oxygen atoms in total. The average molecular weight is 440 g/mol. The van der Waals surface area contributed by atoms with Crippen molar-refractivity contribution in [2.75, 3.05) is 0 Å². The Labute approximate surface area is 192 Å². The molecule has 0 fully saturated rings. The third kappa shape index (κ3) is 2.32. The lowest BCUT2D eigenvalue weighted by atomic mass is 10.1. The number of rotatable bonds is 1. The van der Waals surface area contributed by atoms with Crippen LogP contribution < -0.4 is 0 Å². The summed E-state index contributed by atoms with van der Waals surface area (Å²) in [4.78, 5) is 0. The number of hydrogen-bond donors (Lipinski definition) is 0. The molecule has 0 bridgehead atoms. The monoisotopic (exact) mass is 439 g/mol. The van der Waals surface area contributed by atoms with Gasteiger partial charge in [-0.1, -0.05) is 54.6 Å². The van der Waals surface area contributed by atoms with Gasteiger partial charge in [-0.2, -0.15) is 0 Å². The minimum Gasteiger partial charge on any atom is -0.456 e. The molecule has 0 amide bonds. The fraction of sp³-hybridized carbons (Fsp3) is 0. The van der Waals surface area contributed by atoms with Crippen LogP contribution in [0, 0.1) is 0 Å². The number of benzene rings is 5. The van der Waals surface area contributed by atoms with Crippen molar-refractivity contribution >= 4 is 75.3 Å². The molecule has 0 N–H and O–H groups in total. The van der Waals surface area contributed by atoms with Gasteiger partial charge in [-0.3, -0.25) is 0 Å². The Morgan fingerprint density at radius 2 is 1.24 bits per heavy atom. The number of thiophene rings is 1. The van der Waals surface area contributed by atoms with E-state index >= 15 is 0 Å². The van der Waals surface area contributed by atoms with Crippen LogP contribution in [-0.2, 0) is 0 Å². The highest BCUT2D eigenvalue weighted by Gasteiger charge is 2.16. The fourth-order valence-corrected chi connectivity index (χ4v) is 6.45. The molecule has 33 heavy (non-hydrogen) atoms. The van der Waals surface area contributed by atoms with Crippen molar-refractivity contribution < 1.29 is 4.42 Å². The maximum Gasteiger partial charge on any atom is 0.137 e. The summed E-state index contributed by atoms with van der Waals surface area (Å²) in [5.41, 5.74) is 5.40. The molecule has 5 aromatic carbocycles. The summed E-state index contributed by atoms with van der Waals surface area (Å²) in [6.07, 6.45) is 0. The van der Waals surface area contributed by atoms with E-state index < -0.39 is 0 Å². The fourth-order valence-electron chi connectivity index (χ4n) is 5.32. The molecule has 0 unspecified atom stereocenters. The third-order valence-corrected chi connectivity index (χ3v) is 7.93. The van der Waals surface area contributed by atoms with E-state index in [-0.39, 0.29) is 0 Å². The van der Waals surface area contributed by atoms with Gasteiger partial charge in [-0.25, -0.2) is 0 Å². The maximum atomic E-state index is 6.22. The van der Waals surface area contributed by atoms with E-state index in [1.165, 1.54) is 42.0 Å². The summed E-state index contributed by atoms with van der Waals surface area (Å²) < 4.78 is 11.3. The molecule has 3 heterocycles. The van der Waals surface area contributed by atoms with Gasteiger partial charge >= 0.3 is 0 Å². The first-order valence-corrected chi connectivity index (χ1v) is 11.9. The molecule has 0 aliphatic rings. The predicted octanol–water partition coefficient (Wildman–Crippen LogP) is 9.05. The van der Waals surface area contributed by atoms with Crippen molar-refractivity contribution in [3.63, 3.8) is 0 Å². The van der Waals surface area contributed by atoms with Gasteiger partial charge in [-0.15, -0.1) is 11.3 Å². The van der Waals surface area contributed by atoms with E-state index in [0.717, 1.165) is 27.6 Å². The topological polar surface area (TPSA) is 18.1 Å². The Kier molecular flexibility index (Phi) is 3.31. The maximum absolute atomic E-state index is 6.22. The van der Waals surface area contributed by atoms with E-state index in [9.17, 15) is 0 Å². The highest BCUT2D eigenvalue weighted by Crippen LogP contribution is 2.41. The second-order valence-electron chi connectivity index (χ2n) is 8.59. The molecule has 0 spiro atoms. The Balaban J connectivity index is 1.51. The smallest absolute Gasteiger partial charge is 0.137 e. The van der Waals surface area contributed by atoms with Crippen LogP contribution in [0.15, 0.2) is 108 Å². The minimum atomic E-state index is 0.918. The van der Waals surface area contributed by atoms with Crippen molar-refractivity contribution in [1.82, 2.24) is 4.57 Å². The van der Waals surface area contributed by atoms with Crippen LogP contribution in [0.3, 0.4) is 0 Å². The minimum absolute atomic E-state index is 0.918. The second kappa shape index (κ2) is 6.25. The SMILES string of the molecule is c1ccc2c(c1)oc1cc(-n3c4ccccc4c4cc5sc6ccccc6c5cc43)ccc12. The van der Waals surface area contributed by atoms with E-state index in [1.54, 1.807) is 0 Å². The Morgan fingerprint density at radius 3 is 2.18 bits per heavy atom. The van der Waals surface area contributed by atoms with Gasteiger partial charge in [0.05, 0.1) is 11.0 Å². The molecular formula is C30H17NOS. The second-order valence-corrected chi connectivity index (χ2v) is 9.68. The number of nitrogens with zero attached hydrogens (tertiary/aromatic N) is 1. The molecule has 8 rings (SSSR count). The van der Waals surface area contributed by atoms with Gasteiger partial charge in [0.15, 0.2) is 0 Å². The van der Waals surface area contributed by atoms with Crippen molar-refractivity contribution in [2.45, 2.75) is 0 Å². The van der Waals surface area contributed by atoms with E-state index in [2.05, 4.69) is 95.6 Å². The Hall–Kier alpha value is -4.08. The summed E-state index contributed by atoms with van der Waals surface area (Å²) in [6.45, 7) is 0. The molecule has 0 aliphatic carbocycles. The summed E-state index contributed by atoms with van der Waals surface area (Å²) >= 11 is 1.87. The van der Waals surface area contributed by atoms with E-state index in [4.69, 9.17) is 4.42 Å². The zero-order valence-corrected chi connectivity index (χ0v) is 18.4. The Bertz CT molecular complexity index is 2040. The summed E-state index contributed by atoms with van der Waals surface area (Å²) in [7, 11) is 0. The molecule has 0 saturated carbocycles. The average Bonchev–Trinajstić information content (AvgIpc) is 3.51. The lowest BCUT2D eigenvalue weighted by Gasteiger charge is -2.08. The van der Waals surface area contributed by atoms with Crippen molar-refractivity contribution in [3.8, 4) is 5.69 Å². The summed E-state index contributed by atoms with van der Waals surface area (Å²) in [5, 5.41) is 7.51. The van der Waals surface area contributed by atoms with Crippen molar-refractivity contribution in [3.05, 3.63) is 103 Å². The Morgan fingerprint density at radius 1 is 0.485 bits per heavy atom. The number of aromatic nitrogens is 1. The molecule has 3 heteroatoms. The zero-order valence-electron chi connectivity index (χ0n) is 17.6. The van der Waals surface area contributed by atoms with Crippen LogP contribution in [0.25, 0.3) is 69.6 Å². The van der Waals surface area contributed by atoms with Crippen LogP contribution >= 0.6 is 11.3 Å². The van der Waals surface area contributed by atoms with Crippen LogP contribution in [-0.4, -0.2) is 4.57 Å². The molecule has 8 aromatic rings. The van der Waals surface area contributed by atoms with Gasteiger partial charge in [0.25, 0.3) is 0 Å². The molecule has 154 valence electrons. The van der Waals surface area contributed by atoms with Gasteiger partial charge in [0, 0.05) is 53.5 Å². The zero-order chi connectivity index (χ0) is 21.5. The van der Waals surface area contributed by atoms with Crippen LogP contribution in [0.5, 0.6) is 0 Å². The highest BCUT2D eigenvalue weighted by atomic mass is 32.1. The first kappa shape index (κ1) is 17.5. The molecule has 0 saturated heterocycles. The first-order valence-electron chi connectivity index (χ1n) is 11.1. The molecule has 3 aromatic heterocycles. The van der Waals surface area contributed by atoms with Gasteiger partial charge in [0.2, 0.25) is 0 Å². The van der Waals surface area contributed by atoms with E-state index in [1.807, 2.05) is 23.5 Å². The van der Waals surface area contributed by atoms with Crippen LogP contribution in [0.4, 0.5) is 0 Å².